The van der Waals surface area contributed by atoms with Gasteiger partial charge in [0, 0.05) is 25.0 Å². The van der Waals surface area contributed by atoms with Crippen molar-refractivity contribution in [2.75, 3.05) is 6.54 Å². The van der Waals surface area contributed by atoms with Crippen molar-refractivity contribution in [1.29, 1.82) is 0 Å². The number of imidazole rings is 1. The van der Waals surface area contributed by atoms with Crippen molar-refractivity contribution in [3.05, 3.63) is 78.0 Å². The molecule has 0 saturated carbocycles. The third kappa shape index (κ3) is 7.24. The molecule has 5 nitrogen and oxygen atoms in total. The van der Waals surface area contributed by atoms with Crippen LogP contribution in [0.25, 0.3) is 0 Å². The van der Waals surface area contributed by atoms with Crippen molar-refractivity contribution in [3.8, 4) is 0 Å². The molecule has 2 unspecified atom stereocenters. The van der Waals surface area contributed by atoms with E-state index in [0.29, 0.717) is 23.3 Å². The van der Waals surface area contributed by atoms with Crippen molar-refractivity contribution >= 4 is 35.5 Å². The lowest BCUT2D eigenvalue weighted by Crippen LogP contribution is -2.30. The van der Waals surface area contributed by atoms with Gasteiger partial charge in [0.2, 0.25) is 0 Å². The molecule has 2 heterocycles. The largest absolute Gasteiger partial charge is 0.335 e. The Kier molecular flexibility index (Phi) is 9.63. The molecule has 0 radical (unpaired) electrons. The Balaban J connectivity index is 0.000000186. The summed E-state index contributed by atoms with van der Waals surface area (Å²) in [6.45, 7) is 8.61. The van der Waals surface area contributed by atoms with Gasteiger partial charge in [-0.05, 0) is 81.2 Å². The molecule has 1 aromatic heterocycles. The first-order chi connectivity index (χ1) is 16.0. The third-order valence-corrected chi connectivity index (χ3v) is 6.70. The number of hydrogen-bond donors (Lipinski definition) is 2. The number of carbonyl (C=O) groups excluding carboxylic acids is 1. The number of aromatic nitrogens is 2. The van der Waals surface area contributed by atoms with Crippen molar-refractivity contribution in [3.63, 3.8) is 0 Å². The molecule has 2 N–H and O–H groups in total. The fourth-order valence-corrected chi connectivity index (χ4v) is 4.83. The maximum Gasteiger partial charge on any atom is 0.276 e. The van der Waals surface area contributed by atoms with E-state index in [1.807, 2.05) is 16.7 Å². The molecule has 0 bridgehead atoms. The Labute approximate surface area is 207 Å². The summed E-state index contributed by atoms with van der Waals surface area (Å²) >= 11 is 10.4. The van der Waals surface area contributed by atoms with Gasteiger partial charge in [0.25, 0.3) is 5.91 Å². The first-order valence-electron chi connectivity index (χ1n) is 11.7. The molecule has 3 aliphatic rings. The van der Waals surface area contributed by atoms with E-state index in [1.165, 1.54) is 29.9 Å². The number of nitrogens with zero attached hydrogens (tertiary/aromatic N) is 2. The molecule has 1 aromatic rings. The number of thiocarbonyl (C=S) groups is 1. The molecule has 7 heteroatoms. The van der Waals surface area contributed by atoms with E-state index in [1.54, 1.807) is 6.08 Å². The molecule has 176 valence electrons. The van der Waals surface area contributed by atoms with Gasteiger partial charge in [-0.15, -0.1) is 13.2 Å². The summed E-state index contributed by atoms with van der Waals surface area (Å²) < 4.78 is 2.84. The van der Waals surface area contributed by atoms with Crippen LogP contribution in [-0.4, -0.2) is 32.0 Å². The zero-order chi connectivity index (χ0) is 23.6. The Morgan fingerprint density at radius 3 is 2.39 bits per heavy atom. The van der Waals surface area contributed by atoms with Gasteiger partial charge in [-0.25, -0.2) is 0 Å². The van der Waals surface area contributed by atoms with Gasteiger partial charge in [-0.1, -0.05) is 42.5 Å². The smallest absolute Gasteiger partial charge is 0.276 e. The Bertz CT molecular complexity index is 1010. The van der Waals surface area contributed by atoms with Gasteiger partial charge < -0.3 is 14.9 Å². The normalized spacial score (nSPS) is 23.3. The minimum Gasteiger partial charge on any atom is -0.335 e. The molecular weight excluding hydrogens is 448 g/mol. The predicted molar refractivity (Wildman–Crippen MR) is 142 cm³/mol. The van der Waals surface area contributed by atoms with Crippen LogP contribution in [-0.2, 0) is 17.8 Å². The molecule has 1 saturated heterocycles. The van der Waals surface area contributed by atoms with Crippen LogP contribution in [0.15, 0.2) is 67.6 Å². The molecule has 2 atom stereocenters. The number of carbonyl (C=O) groups is 1. The molecule has 2 aliphatic carbocycles. The standard InChI is InChI=1S/C13H16N2OS.C13H18N2S/c1-2-8-15-12(16)11(14-13(15)17)9-10-6-4-3-5-7-10;1-2-8-15-10-12(14-13(15)16)9-11-6-4-3-5-7-11/h2-4,9-10H,1,5-8H2,(H,14,17);2-4,10-11H,1,5-9H2,(H,14,16)/b11-9+;. The molecule has 1 aliphatic heterocycles. The van der Waals surface area contributed by atoms with Crippen molar-refractivity contribution < 1.29 is 4.79 Å². The topological polar surface area (TPSA) is 53.1 Å². The van der Waals surface area contributed by atoms with Crippen molar-refractivity contribution in [1.82, 2.24) is 19.8 Å². The lowest BCUT2D eigenvalue weighted by atomic mass is 9.90. The van der Waals surface area contributed by atoms with Crippen LogP contribution in [0, 0.1) is 16.6 Å². The van der Waals surface area contributed by atoms with Crippen LogP contribution >= 0.6 is 24.4 Å². The molecule has 1 amide bonds. The number of rotatable bonds is 7. The van der Waals surface area contributed by atoms with E-state index in [4.69, 9.17) is 24.4 Å². The lowest BCUT2D eigenvalue weighted by molar-refractivity contribution is -0.122. The van der Waals surface area contributed by atoms with Crippen LogP contribution in [0.1, 0.15) is 44.2 Å². The average molecular weight is 483 g/mol. The summed E-state index contributed by atoms with van der Waals surface area (Å²) in [7, 11) is 0. The van der Waals surface area contributed by atoms with Crippen molar-refractivity contribution in [2.45, 2.75) is 51.5 Å². The second kappa shape index (κ2) is 12.7. The maximum atomic E-state index is 12.0. The van der Waals surface area contributed by atoms with E-state index >= 15 is 0 Å². The number of aromatic amines is 1. The fraction of sp³-hybridized carbons (Fsp3) is 0.423. The highest BCUT2D eigenvalue weighted by atomic mass is 32.1. The first-order valence-corrected chi connectivity index (χ1v) is 12.5. The van der Waals surface area contributed by atoms with Crippen LogP contribution in [0.5, 0.6) is 0 Å². The van der Waals surface area contributed by atoms with E-state index in [9.17, 15) is 4.79 Å². The Morgan fingerprint density at radius 1 is 1.03 bits per heavy atom. The number of hydrogen-bond acceptors (Lipinski definition) is 3. The minimum absolute atomic E-state index is 0.0375. The molecule has 0 spiro atoms. The molecule has 0 aromatic carbocycles. The van der Waals surface area contributed by atoms with Crippen LogP contribution < -0.4 is 5.32 Å². The monoisotopic (exact) mass is 482 g/mol. The summed E-state index contributed by atoms with van der Waals surface area (Å²) in [5, 5.41) is 3.46. The van der Waals surface area contributed by atoms with Crippen LogP contribution in [0.3, 0.4) is 0 Å². The van der Waals surface area contributed by atoms with Crippen molar-refractivity contribution in [2.24, 2.45) is 11.8 Å². The Hall–Kier alpha value is -2.51. The van der Waals surface area contributed by atoms with Gasteiger partial charge in [-0.3, -0.25) is 9.69 Å². The SMILES string of the molecule is C=CCN1C(=O)/C(=C\C2CC=CCC2)NC1=S.C=CCn1cc(CC2CC=CCC2)[nH]c1=S. The van der Waals surface area contributed by atoms with Gasteiger partial charge in [0.15, 0.2) is 9.88 Å². The van der Waals surface area contributed by atoms with Crippen LogP contribution in [0.2, 0.25) is 0 Å². The zero-order valence-corrected chi connectivity index (χ0v) is 20.8. The highest BCUT2D eigenvalue weighted by Gasteiger charge is 2.30. The lowest BCUT2D eigenvalue weighted by Gasteiger charge is -2.16. The minimum atomic E-state index is -0.0375. The van der Waals surface area contributed by atoms with Gasteiger partial charge in [0.1, 0.15) is 5.70 Å². The highest BCUT2D eigenvalue weighted by molar-refractivity contribution is 7.80. The summed E-state index contributed by atoms with van der Waals surface area (Å²) in [6.07, 6.45) is 24.6. The van der Waals surface area contributed by atoms with Gasteiger partial charge >= 0.3 is 0 Å². The summed E-state index contributed by atoms with van der Waals surface area (Å²) in [4.78, 5) is 16.8. The first kappa shape index (κ1) is 25.1. The van der Waals surface area contributed by atoms with Crippen LogP contribution in [0.4, 0.5) is 0 Å². The predicted octanol–water partition coefficient (Wildman–Crippen LogP) is 5.76. The average Bonchev–Trinajstić information content (AvgIpc) is 3.29. The number of H-pyrrole nitrogens is 1. The third-order valence-electron chi connectivity index (χ3n) is 6.04. The highest BCUT2D eigenvalue weighted by Crippen LogP contribution is 2.23. The second-order valence-electron chi connectivity index (χ2n) is 8.64. The fourth-order valence-electron chi connectivity index (χ4n) is 4.31. The van der Waals surface area contributed by atoms with E-state index in [-0.39, 0.29) is 5.91 Å². The summed E-state index contributed by atoms with van der Waals surface area (Å²) in [5.41, 5.74) is 1.88. The maximum absolute atomic E-state index is 12.0. The van der Waals surface area contributed by atoms with E-state index < -0.39 is 0 Å². The molecule has 1 fully saturated rings. The molecule has 33 heavy (non-hydrogen) atoms. The summed E-state index contributed by atoms with van der Waals surface area (Å²) in [6, 6.07) is 0. The molecule has 4 rings (SSSR count). The second-order valence-corrected chi connectivity index (χ2v) is 9.41. The van der Waals surface area contributed by atoms with Gasteiger partial charge in [-0.2, -0.15) is 0 Å². The van der Waals surface area contributed by atoms with E-state index in [0.717, 1.165) is 42.9 Å². The zero-order valence-electron chi connectivity index (χ0n) is 19.2. The summed E-state index contributed by atoms with van der Waals surface area (Å²) in [5.74, 6) is 1.18. The quantitative estimate of drug-likeness (QED) is 0.295. The number of nitrogens with one attached hydrogen (secondary N) is 2. The number of allylic oxidation sites excluding steroid dienone is 6. The van der Waals surface area contributed by atoms with Gasteiger partial charge in [0.05, 0.1) is 0 Å². The molecular formula is C26H34N4OS2. The Morgan fingerprint density at radius 2 is 1.76 bits per heavy atom. The number of amides is 1. The van der Waals surface area contributed by atoms with E-state index in [2.05, 4.69) is 54.0 Å².